The molecule has 2 fully saturated rings. The molecule has 0 bridgehead atoms. The Balaban J connectivity index is 1.45. The Kier molecular flexibility index (Phi) is 6.29. The van der Waals surface area contributed by atoms with Gasteiger partial charge in [0.2, 0.25) is 5.91 Å². The van der Waals surface area contributed by atoms with Crippen LogP contribution in [-0.4, -0.2) is 41.6 Å². The smallest absolute Gasteiger partial charge is 0.294 e. The molecular weight excluding hydrogens is 441 g/mol. The molecule has 2 heterocycles. The summed E-state index contributed by atoms with van der Waals surface area (Å²) in [5.41, 5.74) is 1.40. The minimum atomic E-state index is -0.632. The topological polar surface area (TPSA) is 69.7 Å². The van der Waals surface area contributed by atoms with Gasteiger partial charge in [-0.2, -0.15) is 0 Å². The summed E-state index contributed by atoms with van der Waals surface area (Å²) in [5.74, 6) is -1.65. The van der Waals surface area contributed by atoms with Crippen molar-refractivity contribution >= 4 is 57.9 Å². The monoisotopic (exact) mass is 459 g/mol. The summed E-state index contributed by atoms with van der Waals surface area (Å²) in [6.45, 7) is 1.34. The standard InChI is InChI=1S/C22H19ClFN3O3S/c23-16-5-1-2-6-18(16)25-20(28)13-27-21(29)19(31-22(27)30)11-14-7-8-15(12-17(14)24)26-9-3-4-10-26/h1-2,5-8,11-12H,3-4,9-10,13H2,(H,25,28)/b19-11+. The van der Waals surface area contributed by atoms with Crippen molar-refractivity contribution in [2.75, 3.05) is 29.9 Å². The van der Waals surface area contributed by atoms with Gasteiger partial charge in [-0.1, -0.05) is 23.7 Å². The lowest BCUT2D eigenvalue weighted by atomic mass is 10.1. The number of hydrogen-bond donors (Lipinski definition) is 1. The van der Waals surface area contributed by atoms with Gasteiger partial charge >= 0.3 is 0 Å². The third-order valence-electron chi connectivity index (χ3n) is 5.07. The van der Waals surface area contributed by atoms with Gasteiger partial charge in [0.05, 0.1) is 15.6 Å². The Morgan fingerprint density at radius 3 is 2.61 bits per heavy atom. The van der Waals surface area contributed by atoms with E-state index in [1.165, 1.54) is 12.1 Å². The van der Waals surface area contributed by atoms with E-state index in [1.54, 1.807) is 30.3 Å². The number of halogens is 2. The first-order valence-corrected chi connectivity index (χ1v) is 11.0. The lowest BCUT2D eigenvalue weighted by Gasteiger charge is -2.17. The van der Waals surface area contributed by atoms with Crippen molar-refractivity contribution in [2.45, 2.75) is 12.8 Å². The number of thioether (sulfide) groups is 1. The highest BCUT2D eigenvalue weighted by molar-refractivity contribution is 8.18. The van der Waals surface area contributed by atoms with Gasteiger partial charge in [0.15, 0.2) is 0 Å². The highest BCUT2D eigenvalue weighted by Crippen LogP contribution is 2.33. The van der Waals surface area contributed by atoms with E-state index >= 15 is 0 Å². The molecule has 0 aliphatic carbocycles. The minimum Gasteiger partial charge on any atom is -0.371 e. The van der Waals surface area contributed by atoms with E-state index in [9.17, 15) is 18.8 Å². The molecule has 2 aliphatic rings. The van der Waals surface area contributed by atoms with Gasteiger partial charge in [0, 0.05) is 24.3 Å². The maximum atomic E-state index is 14.6. The fourth-order valence-corrected chi connectivity index (χ4v) is 4.49. The van der Waals surface area contributed by atoms with E-state index in [4.69, 9.17) is 11.6 Å². The highest BCUT2D eigenvalue weighted by atomic mass is 35.5. The molecule has 31 heavy (non-hydrogen) atoms. The summed E-state index contributed by atoms with van der Waals surface area (Å²) in [6, 6.07) is 11.5. The first kappa shape index (κ1) is 21.4. The van der Waals surface area contributed by atoms with Crippen LogP contribution in [0.15, 0.2) is 47.4 Å². The fraction of sp³-hybridized carbons (Fsp3) is 0.227. The number of nitrogens with zero attached hydrogens (tertiary/aromatic N) is 2. The van der Waals surface area contributed by atoms with Crippen LogP contribution in [0, 0.1) is 5.82 Å². The molecule has 4 rings (SSSR count). The zero-order valence-electron chi connectivity index (χ0n) is 16.4. The van der Waals surface area contributed by atoms with E-state index < -0.39 is 29.4 Å². The van der Waals surface area contributed by atoms with E-state index in [-0.39, 0.29) is 10.5 Å². The second-order valence-corrected chi connectivity index (χ2v) is 8.60. The zero-order chi connectivity index (χ0) is 22.0. The molecule has 0 unspecified atom stereocenters. The molecule has 1 N–H and O–H groups in total. The Bertz CT molecular complexity index is 1090. The number of carbonyl (C=O) groups is 3. The largest absolute Gasteiger partial charge is 0.371 e. The SMILES string of the molecule is O=C(CN1C(=O)S/C(=C/c2ccc(N3CCCC3)cc2F)C1=O)Nc1ccccc1Cl. The van der Waals surface area contributed by atoms with Crippen LogP contribution in [0.25, 0.3) is 6.08 Å². The van der Waals surface area contributed by atoms with Crippen LogP contribution in [-0.2, 0) is 9.59 Å². The first-order valence-electron chi connectivity index (χ1n) is 9.76. The van der Waals surface area contributed by atoms with Crippen molar-refractivity contribution in [3.8, 4) is 0 Å². The molecular formula is C22H19ClFN3O3S. The van der Waals surface area contributed by atoms with Gasteiger partial charge in [0.1, 0.15) is 12.4 Å². The number of rotatable bonds is 5. The predicted molar refractivity (Wildman–Crippen MR) is 121 cm³/mol. The molecule has 3 amide bonds. The lowest BCUT2D eigenvalue weighted by molar-refractivity contribution is -0.127. The van der Waals surface area contributed by atoms with E-state index in [0.717, 1.165) is 36.5 Å². The molecule has 9 heteroatoms. The first-order chi connectivity index (χ1) is 14.9. The third-order valence-corrected chi connectivity index (χ3v) is 6.30. The number of benzene rings is 2. The van der Waals surface area contributed by atoms with Gasteiger partial charge in [-0.25, -0.2) is 4.39 Å². The van der Waals surface area contributed by atoms with Crippen LogP contribution in [0.3, 0.4) is 0 Å². The van der Waals surface area contributed by atoms with Crippen molar-refractivity contribution < 1.29 is 18.8 Å². The van der Waals surface area contributed by atoms with Gasteiger partial charge in [-0.15, -0.1) is 0 Å². The van der Waals surface area contributed by atoms with Crippen LogP contribution in [0.2, 0.25) is 5.02 Å². The Morgan fingerprint density at radius 2 is 1.90 bits per heavy atom. The van der Waals surface area contributed by atoms with E-state index in [2.05, 4.69) is 10.2 Å². The van der Waals surface area contributed by atoms with Gasteiger partial charge in [-0.3, -0.25) is 19.3 Å². The molecule has 0 spiro atoms. The number of para-hydroxylation sites is 1. The summed E-state index contributed by atoms with van der Waals surface area (Å²) >= 11 is 6.69. The molecule has 2 aromatic rings. The Hall–Kier alpha value is -2.84. The highest BCUT2D eigenvalue weighted by Gasteiger charge is 2.36. The van der Waals surface area contributed by atoms with Crippen molar-refractivity contribution in [3.05, 3.63) is 63.8 Å². The molecule has 2 aliphatic heterocycles. The molecule has 2 saturated heterocycles. The third kappa shape index (κ3) is 4.75. The van der Waals surface area contributed by atoms with Crippen LogP contribution >= 0.6 is 23.4 Å². The normalized spacial score (nSPS) is 17.7. The number of carbonyl (C=O) groups excluding carboxylic acids is 3. The summed E-state index contributed by atoms with van der Waals surface area (Å²) < 4.78 is 14.6. The van der Waals surface area contributed by atoms with Crippen LogP contribution in [0.1, 0.15) is 18.4 Å². The molecule has 2 aromatic carbocycles. The number of anilines is 2. The van der Waals surface area contributed by atoms with Crippen LogP contribution in [0.5, 0.6) is 0 Å². The molecule has 0 atom stereocenters. The second-order valence-electron chi connectivity index (χ2n) is 7.20. The maximum Gasteiger partial charge on any atom is 0.294 e. The maximum absolute atomic E-state index is 14.6. The van der Waals surface area contributed by atoms with Gasteiger partial charge in [-0.05, 0) is 61.0 Å². The molecule has 0 aromatic heterocycles. The van der Waals surface area contributed by atoms with Gasteiger partial charge < -0.3 is 10.2 Å². The quantitative estimate of drug-likeness (QED) is 0.653. The molecule has 6 nitrogen and oxygen atoms in total. The van der Waals surface area contributed by atoms with Crippen molar-refractivity contribution in [1.29, 1.82) is 0 Å². The number of hydrogen-bond acceptors (Lipinski definition) is 5. The summed E-state index contributed by atoms with van der Waals surface area (Å²) in [6.07, 6.45) is 3.51. The van der Waals surface area contributed by atoms with Crippen molar-refractivity contribution in [2.24, 2.45) is 0 Å². The number of imide groups is 1. The van der Waals surface area contributed by atoms with E-state index in [0.29, 0.717) is 22.5 Å². The fourth-order valence-electron chi connectivity index (χ4n) is 3.48. The Labute approximate surface area is 188 Å². The van der Waals surface area contributed by atoms with E-state index in [1.807, 2.05) is 6.07 Å². The van der Waals surface area contributed by atoms with Crippen molar-refractivity contribution in [1.82, 2.24) is 4.90 Å². The predicted octanol–water partition coefficient (Wildman–Crippen LogP) is 4.75. The lowest BCUT2D eigenvalue weighted by Crippen LogP contribution is -2.36. The number of amides is 3. The molecule has 160 valence electrons. The molecule has 0 radical (unpaired) electrons. The number of nitrogens with one attached hydrogen (secondary N) is 1. The van der Waals surface area contributed by atoms with Gasteiger partial charge in [0.25, 0.3) is 11.1 Å². The zero-order valence-corrected chi connectivity index (χ0v) is 18.0. The minimum absolute atomic E-state index is 0.0726. The summed E-state index contributed by atoms with van der Waals surface area (Å²) in [4.78, 5) is 40.2. The molecule has 0 saturated carbocycles. The second kappa shape index (κ2) is 9.11. The Morgan fingerprint density at radius 1 is 1.16 bits per heavy atom. The van der Waals surface area contributed by atoms with Crippen LogP contribution < -0.4 is 10.2 Å². The average Bonchev–Trinajstić information content (AvgIpc) is 3.36. The van der Waals surface area contributed by atoms with Crippen LogP contribution in [0.4, 0.5) is 20.6 Å². The summed E-state index contributed by atoms with van der Waals surface area (Å²) in [7, 11) is 0. The average molecular weight is 460 g/mol. The van der Waals surface area contributed by atoms with Crippen molar-refractivity contribution in [3.63, 3.8) is 0 Å². The summed E-state index contributed by atoms with van der Waals surface area (Å²) in [5, 5.41) is 2.34.